The minimum Gasteiger partial charge on any atom is -0.484 e. The van der Waals surface area contributed by atoms with Crippen molar-refractivity contribution in [3.63, 3.8) is 0 Å². The first-order chi connectivity index (χ1) is 11.6. The molecule has 6 nitrogen and oxygen atoms in total. The number of aryl methyl sites for hydroxylation is 1. The second kappa shape index (κ2) is 7.68. The van der Waals surface area contributed by atoms with Gasteiger partial charge in [0.05, 0.1) is 12.2 Å². The van der Waals surface area contributed by atoms with Crippen molar-refractivity contribution >= 4 is 17.5 Å². The van der Waals surface area contributed by atoms with E-state index < -0.39 is 0 Å². The van der Waals surface area contributed by atoms with Gasteiger partial charge in [-0.05, 0) is 31.2 Å². The molecule has 24 heavy (non-hydrogen) atoms. The van der Waals surface area contributed by atoms with Crippen molar-refractivity contribution in [2.75, 3.05) is 32.8 Å². The molecule has 1 aromatic heterocycles. The maximum Gasteiger partial charge on any atom is 0.260 e. The lowest BCUT2D eigenvalue weighted by atomic mass is 10.3. The zero-order valence-corrected chi connectivity index (χ0v) is 14.3. The van der Waals surface area contributed by atoms with Crippen molar-refractivity contribution in [3.05, 3.63) is 46.8 Å². The molecule has 0 radical (unpaired) electrons. The summed E-state index contributed by atoms with van der Waals surface area (Å²) in [6.07, 6.45) is 0. The van der Waals surface area contributed by atoms with Crippen LogP contribution in [0.5, 0.6) is 5.75 Å². The average molecular weight is 350 g/mol. The number of carbonyl (C=O) groups is 1. The summed E-state index contributed by atoms with van der Waals surface area (Å²) >= 11 is 5.82. The van der Waals surface area contributed by atoms with E-state index in [1.165, 1.54) is 0 Å². The van der Waals surface area contributed by atoms with Gasteiger partial charge in [0.15, 0.2) is 12.4 Å². The Hall–Kier alpha value is -2.05. The van der Waals surface area contributed by atoms with Gasteiger partial charge in [0, 0.05) is 37.3 Å². The second-order valence-corrected chi connectivity index (χ2v) is 6.27. The van der Waals surface area contributed by atoms with E-state index in [0.29, 0.717) is 23.9 Å². The first-order valence-electron chi connectivity index (χ1n) is 7.91. The van der Waals surface area contributed by atoms with Gasteiger partial charge >= 0.3 is 0 Å². The summed E-state index contributed by atoms with van der Waals surface area (Å²) < 4.78 is 10.8. The van der Waals surface area contributed by atoms with E-state index >= 15 is 0 Å². The fourth-order valence-corrected chi connectivity index (χ4v) is 2.76. The van der Waals surface area contributed by atoms with E-state index in [0.717, 1.165) is 31.1 Å². The Balaban J connectivity index is 1.42. The van der Waals surface area contributed by atoms with Crippen molar-refractivity contribution in [2.24, 2.45) is 0 Å². The largest absolute Gasteiger partial charge is 0.484 e. The van der Waals surface area contributed by atoms with Crippen molar-refractivity contribution in [2.45, 2.75) is 13.5 Å². The molecule has 1 aliphatic rings. The van der Waals surface area contributed by atoms with E-state index in [2.05, 4.69) is 10.1 Å². The van der Waals surface area contributed by atoms with E-state index in [1.54, 1.807) is 24.3 Å². The van der Waals surface area contributed by atoms with Gasteiger partial charge in [0.25, 0.3) is 5.91 Å². The molecular weight excluding hydrogens is 330 g/mol. The molecule has 0 atom stereocenters. The van der Waals surface area contributed by atoms with Crippen LogP contribution in [0, 0.1) is 6.92 Å². The number of piperazine rings is 1. The molecule has 1 aromatic carbocycles. The molecule has 0 spiro atoms. The van der Waals surface area contributed by atoms with Crippen LogP contribution < -0.4 is 4.74 Å². The third-order valence-electron chi connectivity index (χ3n) is 3.96. The number of amides is 1. The summed E-state index contributed by atoms with van der Waals surface area (Å²) in [5, 5.41) is 4.54. The van der Waals surface area contributed by atoms with Crippen LogP contribution in [0.3, 0.4) is 0 Å². The first-order valence-corrected chi connectivity index (χ1v) is 8.28. The molecule has 2 heterocycles. The summed E-state index contributed by atoms with van der Waals surface area (Å²) in [4.78, 5) is 16.3. The predicted octanol–water partition coefficient (Wildman–Crippen LogP) is 2.36. The molecule has 1 aliphatic heterocycles. The maximum atomic E-state index is 12.2. The molecule has 1 saturated heterocycles. The second-order valence-electron chi connectivity index (χ2n) is 5.83. The Bertz CT molecular complexity index is 679. The number of hydrogen-bond donors (Lipinski definition) is 0. The zero-order valence-electron chi connectivity index (χ0n) is 13.6. The highest BCUT2D eigenvalue weighted by Crippen LogP contribution is 2.16. The van der Waals surface area contributed by atoms with Crippen LogP contribution in [-0.2, 0) is 11.3 Å². The zero-order chi connectivity index (χ0) is 16.9. The van der Waals surface area contributed by atoms with E-state index in [9.17, 15) is 4.79 Å². The summed E-state index contributed by atoms with van der Waals surface area (Å²) in [5.74, 6) is 1.51. The van der Waals surface area contributed by atoms with Crippen LogP contribution in [-0.4, -0.2) is 53.6 Å². The van der Waals surface area contributed by atoms with Gasteiger partial charge in [-0.25, -0.2) is 0 Å². The van der Waals surface area contributed by atoms with Crippen LogP contribution in [0.4, 0.5) is 0 Å². The minimum absolute atomic E-state index is 0.000102. The van der Waals surface area contributed by atoms with Crippen LogP contribution in [0.25, 0.3) is 0 Å². The standard InChI is InChI=1S/C17H20ClN3O3/c1-13-10-16(24-19-13)11-20-6-8-21(9-7-20)17(22)12-23-15-4-2-14(18)3-5-15/h2-5,10H,6-9,11-12H2,1H3. The fourth-order valence-electron chi connectivity index (χ4n) is 2.63. The number of ether oxygens (including phenoxy) is 1. The Morgan fingerprint density at radius 3 is 2.58 bits per heavy atom. The third-order valence-corrected chi connectivity index (χ3v) is 4.21. The Kier molecular flexibility index (Phi) is 5.37. The molecular formula is C17H20ClN3O3. The molecule has 1 fully saturated rings. The highest BCUT2D eigenvalue weighted by molar-refractivity contribution is 6.30. The molecule has 3 rings (SSSR count). The quantitative estimate of drug-likeness (QED) is 0.829. The Morgan fingerprint density at radius 1 is 1.25 bits per heavy atom. The molecule has 0 saturated carbocycles. The lowest BCUT2D eigenvalue weighted by Crippen LogP contribution is -2.49. The lowest BCUT2D eigenvalue weighted by molar-refractivity contribution is -0.135. The number of rotatable bonds is 5. The molecule has 0 unspecified atom stereocenters. The highest BCUT2D eigenvalue weighted by Gasteiger charge is 2.22. The van der Waals surface area contributed by atoms with Gasteiger partial charge in [0.2, 0.25) is 0 Å². The van der Waals surface area contributed by atoms with E-state index in [1.807, 2.05) is 17.9 Å². The van der Waals surface area contributed by atoms with Gasteiger partial charge in [-0.15, -0.1) is 0 Å². The summed E-state index contributed by atoms with van der Waals surface area (Å²) in [6, 6.07) is 8.94. The molecule has 0 aliphatic carbocycles. The predicted molar refractivity (Wildman–Crippen MR) is 90.0 cm³/mol. The molecule has 1 amide bonds. The fraction of sp³-hybridized carbons (Fsp3) is 0.412. The molecule has 2 aromatic rings. The smallest absolute Gasteiger partial charge is 0.260 e. The van der Waals surface area contributed by atoms with E-state index in [-0.39, 0.29) is 12.5 Å². The van der Waals surface area contributed by atoms with Crippen LogP contribution in [0.1, 0.15) is 11.5 Å². The Morgan fingerprint density at radius 2 is 1.96 bits per heavy atom. The van der Waals surface area contributed by atoms with E-state index in [4.69, 9.17) is 20.9 Å². The van der Waals surface area contributed by atoms with Crippen molar-refractivity contribution < 1.29 is 14.1 Å². The highest BCUT2D eigenvalue weighted by atomic mass is 35.5. The first kappa shape index (κ1) is 16.8. The van der Waals surface area contributed by atoms with Gasteiger partial charge in [-0.3, -0.25) is 9.69 Å². The summed E-state index contributed by atoms with van der Waals surface area (Å²) in [6.45, 7) is 5.68. The molecule has 0 bridgehead atoms. The van der Waals surface area contributed by atoms with Gasteiger partial charge in [0.1, 0.15) is 5.75 Å². The minimum atomic E-state index is 0.000102. The maximum absolute atomic E-state index is 12.2. The SMILES string of the molecule is Cc1cc(CN2CCN(C(=O)COc3ccc(Cl)cc3)CC2)on1. The normalized spacial score (nSPS) is 15.5. The van der Waals surface area contributed by atoms with Crippen LogP contribution in [0.15, 0.2) is 34.9 Å². The molecule has 0 N–H and O–H groups in total. The number of halogens is 1. The van der Waals surface area contributed by atoms with Crippen molar-refractivity contribution in [3.8, 4) is 5.75 Å². The van der Waals surface area contributed by atoms with Crippen LogP contribution in [0.2, 0.25) is 5.02 Å². The molecule has 128 valence electrons. The topological polar surface area (TPSA) is 58.8 Å². The van der Waals surface area contributed by atoms with Gasteiger partial charge in [-0.1, -0.05) is 16.8 Å². The number of hydrogen-bond acceptors (Lipinski definition) is 5. The lowest BCUT2D eigenvalue weighted by Gasteiger charge is -2.34. The molecule has 7 heteroatoms. The summed E-state index contributed by atoms with van der Waals surface area (Å²) in [7, 11) is 0. The number of nitrogens with zero attached hydrogens (tertiary/aromatic N) is 3. The third kappa shape index (κ3) is 4.49. The van der Waals surface area contributed by atoms with Crippen LogP contribution >= 0.6 is 11.6 Å². The monoisotopic (exact) mass is 349 g/mol. The Labute approximate surface area is 145 Å². The van der Waals surface area contributed by atoms with Gasteiger partial charge in [-0.2, -0.15) is 0 Å². The number of benzene rings is 1. The van der Waals surface area contributed by atoms with Crippen molar-refractivity contribution in [1.82, 2.24) is 15.0 Å². The van der Waals surface area contributed by atoms with Gasteiger partial charge < -0.3 is 14.2 Å². The number of aromatic nitrogens is 1. The summed E-state index contributed by atoms with van der Waals surface area (Å²) in [5.41, 5.74) is 0.887. The van der Waals surface area contributed by atoms with Crippen molar-refractivity contribution in [1.29, 1.82) is 0 Å². The number of carbonyl (C=O) groups excluding carboxylic acids is 1. The average Bonchev–Trinajstić information content (AvgIpc) is 2.99.